The summed E-state index contributed by atoms with van der Waals surface area (Å²) in [6.07, 6.45) is 0.659. The molecule has 0 spiro atoms. The lowest BCUT2D eigenvalue weighted by molar-refractivity contribution is -0.147. The van der Waals surface area contributed by atoms with E-state index in [0.29, 0.717) is 22.1 Å². The van der Waals surface area contributed by atoms with Gasteiger partial charge in [0.2, 0.25) is 0 Å². The maximum absolute atomic E-state index is 13.9. The van der Waals surface area contributed by atoms with Gasteiger partial charge >= 0.3 is 11.9 Å². The number of carbonyl (C=O) groups is 3. The molecule has 0 radical (unpaired) electrons. The van der Waals surface area contributed by atoms with Gasteiger partial charge in [-0.05, 0) is 30.5 Å². The molecular weight excluding hydrogens is 373 g/mol. The number of hydrogen-bond acceptors (Lipinski definition) is 6. The molecule has 0 bridgehead atoms. The van der Waals surface area contributed by atoms with Crippen molar-refractivity contribution in [2.45, 2.75) is 33.2 Å². The van der Waals surface area contributed by atoms with Crippen LogP contribution in [-0.4, -0.2) is 37.6 Å². The molecule has 0 saturated heterocycles. The van der Waals surface area contributed by atoms with Crippen molar-refractivity contribution in [3.8, 4) is 0 Å². The molecule has 146 valence electrons. The maximum Gasteiger partial charge on any atom is 0.349 e. The standard InChI is InChI=1S/C19H22FNO5S/c1-5-10(2)16(18(23)25-4)21-14(22)9-26-19(24)17-11(3)15-12(20)7-6-8-13(15)27-17/h6-8,10,16H,5,9H2,1-4H3,(H,21,22)/t10-,16-/m0/s1. The highest BCUT2D eigenvalue weighted by Gasteiger charge is 2.27. The van der Waals surface area contributed by atoms with Crippen LogP contribution in [0, 0.1) is 18.7 Å². The lowest BCUT2D eigenvalue weighted by Gasteiger charge is -2.21. The topological polar surface area (TPSA) is 81.7 Å². The Kier molecular flexibility index (Phi) is 6.90. The lowest BCUT2D eigenvalue weighted by Crippen LogP contribution is -2.47. The van der Waals surface area contributed by atoms with Crippen LogP contribution >= 0.6 is 11.3 Å². The van der Waals surface area contributed by atoms with Gasteiger partial charge < -0.3 is 14.8 Å². The molecule has 1 aromatic carbocycles. The third kappa shape index (κ3) is 4.63. The zero-order chi connectivity index (χ0) is 20.1. The van der Waals surface area contributed by atoms with Gasteiger partial charge in [0.25, 0.3) is 5.91 Å². The van der Waals surface area contributed by atoms with Crippen molar-refractivity contribution in [2.75, 3.05) is 13.7 Å². The maximum atomic E-state index is 13.9. The number of amides is 1. The van der Waals surface area contributed by atoms with E-state index in [4.69, 9.17) is 9.47 Å². The van der Waals surface area contributed by atoms with Gasteiger partial charge in [-0.2, -0.15) is 0 Å². The molecule has 0 unspecified atom stereocenters. The van der Waals surface area contributed by atoms with Gasteiger partial charge in [0, 0.05) is 10.1 Å². The molecule has 0 fully saturated rings. The second kappa shape index (κ2) is 8.94. The molecule has 1 N–H and O–H groups in total. The summed E-state index contributed by atoms with van der Waals surface area (Å²) in [6.45, 7) is 4.78. The van der Waals surface area contributed by atoms with Crippen molar-refractivity contribution >= 4 is 39.3 Å². The summed E-state index contributed by atoms with van der Waals surface area (Å²) in [5, 5.41) is 2.90. The van der Waals surface area contributed by atoms with E-state index in [0.717, 1.165) is 11.3 Å². The number of thiophene rings is 1. The van der Waals surface area contributed by atoms with Crippen LogP contribution in [0.1, 0.15) is 35.5 Å². The molecule has 8 heteroatoms. The number of benzene rings is 1. The molecule has 2 aromatic rings. The third-order valence-electron chi connectivity index (χ3n) is 4.41. The Morgan fingerprint density at radius 1 is 1.30 bits per heavy atom. The highest BCUT2D eigenvalue weighted by Crippen LogP contribution is 2.32. The number of aryl methyl sites for hydroxylation is 1. The van der Waals surface area contributed by atoms with Gasteiger partial charge in [0.15, 0.2) is 6.61 Å². The fourth-order valence-corrected chi connectivity index (χ4v) is 3.77. The Bertz CT molecular complexity index is 863. The number of methoxy groups -OCH3 is 1. The highest BCUT2D eigenvalue weighted by molar-refractivity contribution is 7.21. The fraction of sp³-hybridized carbons (Fsp3) is 0.421. The van der Waals surface area contributed by atoms with Crippen molar-refractivity contribution in [3.05, 3.63) is 34.5 Å². The molecule has 0 aliphatic heterocycles. The zero-order valence-electron chi connectivity index (χ0n) is 15.6. The molecule has 1 aromatic heterocycles. The summed E-state index contributed by atoms with van der Waals surface area (Å²) in [5.41, 5.74) is 0.477. The summed E-state index contributed by atoms with van der Waals surface area (Å²) < 4.78 is 24.3. The summed E-state index contributed by atoms with van der Waals surface area (Å²) in [7, 11) is 1.24. The van der Waals surface area contributed by atoms with E-state index >= 15 is 0 Å². The first kappa shape index (κ1) is 20.8. The monoisotopic (exact) mass is 395 g/mol. The smallest absolute Gasteiger partial charge is 0.349 e. The van der Waals surface area contributed by atoms with Crippen LogP contribution in [-0.2, 0) is 19.1 Å². The Morgan fingerprint density at radius 2 is 2.00 bits per heavy atom. The van der Waals surface area contributed by atoms with E-state index in [9.17, 15) is 18.8 Å². The molecule has 1 heterocycles. The van der Waals surface area contributed by atoms with Crippen molar-refractivity contribution in [2.24, 2.45) is 5.92 Å². The van der Waals surface area contributed by atoms with Crippen LogP contribution < -0.4 is 5.32 Å². The van der Waals surface area contributed by atoms with Crippen molar-refractivity contribution in [1.29, 1.82) is 0 Å². The normalized spacial score (nSPS) is 13.1. The summed E-state index contributed by atoms with van der Waals surface area (Å²) in [6, 6.07) is 3.79. The molecule has 2 atom stereocenters. The molecule has 1 amide bonds. The molecule has 0 aliphatic rings. The van der Waals surface area contributed by atoms with Gasteiger partial charge in [-0.3, -0.25) is 4.79 Å². The molecule has 2 rings (SSSR count). The van der Waals surface area contributed by atoms with Crippen LogP contribution in [0.2, 0.25) is 0 Å². The molecule has 0 saturated carbocycles. The van der Waals surface area contributed by atoms with Gasteiger partial charge in [-0.25, -0.2) is 14.0 Å². The summed E-state index contributed by atoms with van der Waals surface area (Å²) in [5.74, 6) is -2.41. The zero-order valence-corrected chi connectivity index (χ0v) is 16.4. The quantitative estimate of drug-likeness (QED) is 0.728. The Balaban J connectivity index is 2.05. The van der Waals surface area contributed by atoms with E-state index in [1.165, 1.54) is 13.2 Å². The first-order valence-electron chi connectivity index (χ1n) is 8.52. The van der Waals surface area contributed by atoms with E-state index in [-0.39, 0.29) is 10.8 Å². The van der Waals surface area contributed by atoms with Crippen LogP contribution in [0.25, 0.3) is 10.1 Å². The van der Waals surface area contributed by atoms with Gasteiger partial charge in [0.05, 0.1) is 7.11 Å². The number of nitrogens with one attached hydrogen (secondary N) is 1. The molecule has 0 aliphatic carbocycles. The van der Waals surface area contributed by atoms with Crippen molar-refractivity contribution < 1.29 is 28.2 Å². The second-order valence-corrected chi connectivity index (χ2v) is 7.25. The minimum atomic E-state index is -0.814. The first-order chi connectivity index (χ1) is 12.8. The average Bonchev–Trinajstić information content (AvgIpc) is 3.00. The molecular formula is C19H22FNO5S. The van der Waals surface area contributed by atoms with Crippen LogP contribution in [0.5, 0.6) is 0 Å². The van der Waals surface area contributed by atoms with E-state index in [1.54, 1.807) is 19.1 Å². The van der Waals surface area contributed by atoms with Crippen molar-refractivity contribution in [3.63, 3.8) is 0 Å². The van der Waals surface area contributed by atoms with Crippen LogP contribution in [0.4, 0.5) is 4.39 Å². The minimum absolute atomic E-state index is 0.134. The number of ether oxygens (including phenoxy) is 2. The number of hydrogen-bond donors (Lipinski definition) is 1. The van der Waals surface area contributed by atoms with Gasteiger partial charge in [-0.1, -0.05) is 26.3 Å². The van der Waals surface area contributed by atoms with Crippen molar-refractivity contribution in [1.82, 2.24) is 5.32 Å². The fourth-order valence-electron chi connectivity index (χ4n) is 2.66. The average molecular weight is 395 g/mol. The molecule has 27 heavy (non-hydrogen) atoms. The van der Waals surface area contributed by atoms with Gasteiger partial charge in [-0.15, -0.1) is 11.3 Å². The van der Waals surface area contributed by atoms with Crippen LogP contribution in [0.3, 0.4) is 0 Å². The Labute approximate surface area is 160 Å². The number of carbonyl (C=O) groups excluding carboxylic acids is 3. The van der Waals surface area contributed by atoms with E-state index < -0.39 is 36.3 Å². The summed E-state index contributed by atoms with van der Waals surface area (Å²) in [4.78, 5) is 36.4. The number of rotatable bonds is 7. The highest BCUT2D eigenvalue weighted by atomic mass is 32.1. The minimum Gasteiger partial charge on any atom is -0.467 e. The Morgan fingerprint density at radius 3 is 2.59 bits per heavy atom. The number of esters is 2. The largest absolute Gasteiger partial charge is 0.467 e. The predicted molar refractivity (Wildman–Crippen MR) is 100 cm³/mol. The third-order valence-corrected chi connectivity index (χ3v) is 5.64. The first-order valence-corrected chi connectivity index (χ1v) is 9.33. The van der Waals surface area contributed by atoms with E-state index in [2.05, 4.69) is 5.32 Å². The second-order valence-electron chi connectivity index (χ2n) is 6.20. The number of fused-ring (bicyclic) bond motifs is 1. The van der Waals surface area contributed by atoms with Crippen LogP contribution in [0.15, 0.2) is 18.2 Å². The lowest BCUT2D eigenvalue weighted by atomic mass is 9.99. The van der Waals surface area contributed by atoms with E-state index in [1.807, 2.05) is 13.8 Å². The summed E-state index contributed by atoms with van der Waals surface area (Å²) >= 11 is 1.11. The predicted octanol–water partition coefficient (Wildman–Crippen LogP) is 3.21. The number of halogens is 1. The molecule has 6 nitrogen and oxygen atoms in total. The Hall–Kier alpha value is -2.48. The van der Waals surface area contributed by atoms with Gasteiger partial charge in [0.1, 0.15) is 16.7 Å². The SMILES string of the molecule is CC[C@H](C)[C@H](NC(=O)COC(=O)c1sc2cccc(F)c2c1C)C(=O)OC.